The van der Waals surface area contributed by atoms with Crippen LogP contribution in [0.1, 0.15) is 15.9 Å². The van der Waals surface area contributed by atoms with E-state index in [1.54, 1.807) is 19.1 Å². The molecule has 4 aromatic rings. The lowest BCUT2D eigenvalue weighted by Crippen LogP contribution is -2.34. The Morgan fingerprint density at radius 1 is 1.03 bits per heavy atom. The van der Waals surface area contributed by atoms with Gasteiger partial charge in [-0.05, 0) is 55.0 Å². The average Bonchev–Trinajstić information content (AvgIpc) is 3.23. The Morgan fingerprint density at radius 2 is 1.67 bits per heavy atom. The Balaban J connectivity index is 1.58. The van der Waals surface area contributed by atoms with Crippen molar-refractivity contribution < 1.29 is 35.9 Å². The van der Waals surface area contributed by atoms with Crippen LogP contribution >= 0.6 is 28.1 Å². The number of aromatic nitrogens is 1. The van der Waals surface area contributed by atoms with Crippen molar-refractivity contribution in [3.63, 3.8) is 0 Å². The molecule has 1 amide bonds. The minimum absolute atomic E-state index is 0.00351. The number of thiocarbonyl (C=S) groups is 1. The lowest BCUT2D eigenvalue weighted by atomic mass is 10.1. The molecule has 0 saturated heterocycles. The predicted molar refractivity (Wildman–Crippen MR) is 128 cm³/mol. The van der Waals surface area contributed by atoms with E-state index in [9.17, 15) is 26.7 Å². The summed E-state index contributed by atoms with van der Waals surface area (Å²) in [5.74, 6) is -11.7. The fourth-order valence-corrected chi connectivity index (χ4v) is 4.19. The topological polar surface area (TPSA) is 76.4 Å². The number of hydrogen-bond donors (Lipinski definition) is 2. The fraction of sp³-hybridized carbons (Fsp3) is 0.0870. The molecule has 2 N–H and O–H groups in total. The molecule has 36 heavy (non-hydrogen) atoms. The monoisotopic (exact) mass is 585 g/mol. The zero-order chi connectivity index (χ0) is 26.3. The van der Waals surface area contributed by atoms with Gasteiger partial charge >= 0.3 is 0 Å². The van der Waals surface area contributed by atoms with E-state index in [1.165, 1.54) is 25.3 Å². The second kappa shape index (κ2) is 9.82. The molecular weight excluding hydrogens is 573 g/mol. The number of nitrogens with one attached hydrogen (secondary N) is 2. The highest BCUT2D eigenvalue weighted by Crippen LogP contribution is 2.33. The molecule has 0 atom stereocenters. The summed E-state index contributed by atoms with van der Waals surface area (Å²) in [6.07, 6.45) is 0. The van der Waals surface area contributed by atoms with Crippen LogP contribution in [0.3, 0.4) is 0 Å². The summed E-state index contributed by atoms with van der Waals surface area (Å²) in [4.78, 5) is 16.6. The summed E-state index contributed by atoms with van der Waals surface area (Å²) in [6, 6.07) is 7.46. The van der Waals surface area contributed by atoms with Gasteiger partial charge in [-0.1, -0.05) is 15.9 Å². The van der Waals surface area contributed by atoms with Gasteiger partial charge in [0, 0.05) is 10.2 Å². The van der Waals surface area contributed by atoms with Crippen molar-refractivity contribution in [1.82, 2.24) is 10.3 Å². The molecule has 6 nitrogen and oxygen atoms in total. The first-order chi connectivity index (χ1) is 17.0. The number of methoxy groups -OCH3 is 1. The first-order valence-corrected chi connectivity index (χ1v) is 11.1. The third kappa shape index (κ3) is 4.63. The van der Waals surface area contributed by atoms with E-state index < -0.39 is 46.4 Å². The molecule has 0 radical (unpaired) electrons. The lowest BCUT2D eigenvalue weighted by molar-refractivity contribution is 0.0974. The number of hydrogen-bond acceptors (Lipinski definition) is 5. The van der Waals surface area contributed by atoms with Gasteiger partial charge in [0.1, 0.15) is 16.8 Å². The van der Waals surface area contributed by atoms with Crippen LogP contribution in [0.2, 0.25) is 0 Å². The molecule has 0 aliphatic carbocycles. The molecule has 0 unspecified atom stereocenters. The summed E-state index contributed by atoms with van der Waals surface area (Å²) in [5.41, 5.74) is -0.0216. The second-order valence-corrected chi connectivity index (χ2v) is 8.68. The fourth-order valence-electron chi connectivity index (χ4n) is 3.41. The van der Waals surface area contributed by atoms with Crippen molar-refractivity contribution in [2.45, 2.75) is 6.92 Å². The van der Waals surface area contributed by atoms with Gasteiger partial charge in [-0.3, -0.25) is 10.1 Å². The van der Waals surface area contributed by atoms with Gasteiger partial charge in [0.05, 0.1) is 12.7 Å². The van der Waals surface area contributed by atoms with E-state index in [4.69, 9.17) is 21.4 Å². The Kier molecular flexibility index (Phi) is 6.96. The lowest BCUT2D eigenvalue weighted by Gasteiger charge is -2.13. The third-order valence-corrected chi connectivity index (χ3v) is 5.65. The summed E-state index contributed by atoms with van der Waals surface area (Å²) < 4.78 is 79.9. The summed E-state index contributed by atoms with van der Waals surface area (Å²) in [5, 5.41) is 5.16. The van der Waals surface area contributed by atoms with Crippen LogP contribution in [-0.4, -0.2) is 23.1 Å². The minimum atomic E-state index is -2.29. The van der Waals surface area contributed by atoms with E-state index >= 15 is 0 Å². The first-order valence-electron chi connectivity index (χ1n) is 9.90. The summed E-state index contributed by atoms with van der Waals surface area (Å²) in [6.45, 7) is 1.77. The van der Waals surface area contributed by atoms with E-state index in [-0.39, 0.29) is 21.8 Å². The Labute approximate surface area is 213 Å². The SMILES string of the molecule is COc1c(C)cc(Br)cc1C(=O)NC(=S)Nc1ccc2oc(-c3c(F)c(F)c(F)c(F)c3F)nc2c1. The number of nitrogens with zero attached hydrogens (tertiary/aromatic N) is 1. The van der Waals surface area contributed by atoms with Crippen LogP contribution < -0.4 is 15.4 Å². The molecule has 0 bridgehead atoms. The molecular formula is C23H13BrF5N3O3S. The van der Waals surface area contributed by atoms with Crippen molar-refractivity contribution in [2.75, 3.05) is 12.4 Å². The number of aryl methyl sites for hydroxylation is 1. The average molecular weight is 586 g/mol. The number of ether oxygens (including phenoxy) is 1. The number of rotatable bonds is 4. The molecule has 0 fully saturated rings. The molecule has 0 aliphatic heterocycles. The van der Waals surface area contributed by atoms with Crippen molar-refractivity contribution in [1.29, 1.82) is 0 Å². The van der Waals surface area contributed by atoms with Gasteiger partial charge < -0.3 is 14.5 Å². The third-order valence-electron chi connectivity index (χ3n) is 4.98. The highest BCUT2D eigenvalue weighted by atomic mass is 79.9. The van der Waals surface area contributed by atoms with Gasteiger partial charge in [-0.15, -0.1) is 0 Å². The number of carbonyl (C=O) groups excluding carboxylic acids is 1. The maximum absolute atomic E-state index is 14.1. The number of halogens is 6. The highest BCUT2D eigenvalue weighted by Gasteiger charge is 2.29. The molecule has 1 heterocycles. The summed E-state index contributed by atoms with van der Waals surface area (Å²) in [7, 11) is 1.43. The van der Waals surface area contributed by atoms with Crippen LogP contribution in [0.15, 0.2) is 39.2 Å². The van der Waals surface area contributed by atoms with Crippen LogP contribution in [0, 0.1) is 36.0 Å². The van der Waals surface area contributed by atoms with Crippen molar-refractivity contribution in [3.8, 4) is 17.2 Å². The normalized spacial score (nSPS) is 11.0. The maximum atomic E-state index is 14.1. The number of carbonyl (C=O) groups is 1. The smallest absolute Gasteiger partial charge is 0.261 e. The largest absolute Gasteiger partial charge is 0.496 e. The number of benzene rings is 3. The number of fused-ring (bicyclic) bond motifs is 1. The maximum Gasteiger partial charge on any atom is 0.261 e. The van der Waals surface area contributed by atoms with E-state index in [0.29, 0.717) is 15.9 Å². The second-order valence-electron chi connectivity index (χ2n) is 7.36. The van der Waals surface area contributed by atoms with Gasteiger partial charge in [0.25, 0.3) is 5.91 Å². The minimum Gasteiger partial charge on any atom is -0.496 e. The molecule has 3 aromatic carbocycles. The van der Waals surface area contributed by atoms with Gasteiger partial charge in [0.15, 0.2) is 34.0 Å². The molecule has 186 valence electrons. The molecule has 0 aliphatic rings. The number of amides is 1. The van der Waals surface area contributed by atoms with Crippen LogP contribution in [0.4, 0.5) is 27.6 Å². The van der Waals surface area contributed by atoms with E-state index in [2.05, 4.69) is 31.5 Å². The Hall–Kier alpha value is -3.58. The van der Waals surface area contributed by atoms with Crippen LogP contribution in [-0.2, 0) is 0 Å². The van der Waals surface area contributed by atoms with Gasteiger partial charge in [-0.2, -0.15) is 0 Å². The Morgan fingerprint density at radius 3 is 2.31 bits per heavy atom. The van der Waals surface area contributed by atoms with Crippen LogP contribution in [0.25, 0.3) is 22.6 Å². The van der Waals surface area contributed by atoms with Gasteiger partial charge in [0.2, 0.25) is 11.7 Å². The molecule has 0 spiro atoms. The van der Waals surface area contributed by atoms with Gasteiger partial charge in [-0.25, -0.2) is 26.9 Å². The van der Waals surface area contributed by atoms with Crippen molar-refractivity contribution in [2.24, 2.45) is 0 Å². The Bertz CT molecular complexity index is 1530. The van der Waals surface area contributed by atoms with Crippen molar-refractivity contribution in [3.05, 3.63) is 75.0 Å². The molecule has 13 heteroatoms. The van der Waals surface area contributed by atoms with Crippen molar-refractivity contribution >= 4 is 56.0 Å². The van der Waals surface area contributed by atoms with E-state index in [0.717, 1.165) is 5.56 Å². The summed E-state index contributed by atoms with van der Waals surface area (Å²) >= 11 is 8.50. The molecule has 0 saturated carbocycles. The first kappa shape index (κ1) is 25.5. The predicted octanol–water partition coefficient (Wildman–Crippen LogP) is 6.40. The standard InChI is InChI=1S/C23H13BrF5N3O3S/c1-8-5-9(24)6-11(20(8)34-2)21(33)32-23(36)30-10-3-4-13-12(7-10)31-22(35-13)14-15(25)17(27)19(29)18(28)16(14)26/h3-7H,1-2H3,(H2,30,32,33,36). The zero-order valence-corrected chi connectivity index (χ0v) is 20.6. The molecule has 1 aromatic heterocycles. The van der Waals surface area contributed by atoms with E-state index in [1.807, 2.05) is 0 Å². The quantitative estimate of drug-likeness (QED) is 0.125. The zero-order valence-electron chi connectivity index (χ0n) is 18.2. The number of anilines is 1. The van der Waals surface area contributed by atoms with Crippen LogP contribution in [0.5, 0.6) is 5.75 Å². The molecule has 4 rings (SSSR count). The highest BCUT2D eigenvalue weighted by molar-refractivity contribution is 9.10. The number of oxazole rings is 1.